The van der Waals surface area contributed by atoms with Crippen LogP contribution in [-0.2, 0) is 9.53 Å². The highest BCUT2D eigenvalue weighted by Crippen LogP contribution is 2.41. The van der Waals surface area contributed by atoms with Gasteiger partial charge in [0, 0.05) is 6.42 Å². The number of fused-ring (bicyclic) bond motifs is 1. The maximum atomic E-state index is 12.0. The molecule has 0 saturated carbocycles. The summed E-state index contributed by atoms with van der Waals surface area (Å²) in [5.41, 5.74) is 4.10. The molecule has 0 aliphatic carbocycles. The van der Waals surface area contributed by atoms with E-state index >= 15 is 0 Å². The predicted octanol–water partition coefficient (Wildman–Crippen LogP) is -2.05. The molecular weight excluding hydrogens is 294 g/mol. The molecule has 3 rings (SSSR count). The molecule has 2 aliphatic rings. The van der Waals surface area contributed by atoms with Crippen LogP contribution in [0.4, 0.5) is 17.5 Å². The summed E-state index contributed by atoms with van der Waals surface area (Å²) in [7, 11) is 0. The Morgan fingerprint density at radius 3 is 2.95 bits per heavy atom. The van der Waals surface area contributed by atoms with Gasteiger partial charge in [-0.1, -0.05) is 0 Å². The molecule has 0 bridgehead atoms. The molecule has 10 nitrogen and oxygen atoms in total. The van der Waals surface area contributed by atoms with Gasteiger partial charge in [0.05, 0.1) is 12.7 Å². The summed E-state index contributed by atoms with van der Waals surface area (Å²) in [6.07, 6.45) is -0.885. The highest BCUT2D eigenvalue weighted by Gasteiger charge is 2.50. The summed E-state index contributed by atoms with van der Waals surface area (Å²) < 4.78 is 5.71. The number of hydrogen-bond acceptors (Lipinski definition) is 8. The summed E-state index contributed by atoms with van der Waals surface area (Å²) >= 11 is 0. The smallest absolute Gasteiger partial charge is 0.278 e. The summed E-state index contributed by atoms with van der Waals surface area (Å²) in [6.45, 7) is 1.41. The number of amides is 1. The fraction of sp³-hybridized carbons (Fsp3) is 0.583. The molecule has 10 heteroatoms. The fourth-order valence-corrected chi connectivity index (χ4v) is 2.97. The Morgan fingerprint density at radius 2 is 2.36 bits per heavy atom. The molecule has 1 aromatic rings. The van der Waals surface area contributed by atoms with Crippen molar-refractivity contribution in [2.24, 2.45) is 0 Å². The third-order valence-electron chi connectivity index (χ3n) is 4.03. The van der Waals surface area contributed by atoms with Crippen molar-refractivity contribution >= 4 is 23.9 Å². The van der Waals surface area contributed by atoms with E-state index in [2.05, 4.69) is 9.97 Å². The summed E-state index contributed by atoms with van der Waals surface area (Å²) in [5, 5.41) is 19.2. The van der Waals surface area contributed by atoms with Gasteiger partial charge >= 0.3 is 0 Å². The normalized spacial score (nSPS) is 30.7. The number of aliphatic hydroxyl groups is 2. The van der Waals surface area contributed by atoms with Crippen molar-refractivity contribution < 1.29 is 19.7 Å². The van der Waals surface area contributed by atoms with Crippen LogP contribution in [0, 0.1) is 0 Å². The highest BCUT2D eigenvalue weighted by molar-refractivity contribution is 5.86. The first-order chi connectivity index (χ1) is 10.4. The van der Waals surface area contributed by atoms with E-state index in [9.17, 15) is 19.8 Å². The molecule has 1 fully saturated rings. The lowest BCUT2D eigenvalue weighted by molar-refractivity contribution is -0.107. The third-order valence-corrected chi connectivity index (χ3v) is 4.03. The second-order valence-corrected chi connectivity index (χ2v) is 5.55. The summed E-state index contributed by atoms with van der Waals surface area (Å²) in [5.74, 6) is 0.129. The van der Waals surface area contributed by atoms with Gasteiger partial charge in [0.25, 0.3) is 5.56 Å². The monoisotopic (exact) mass is 311 g/mol. The zero-order valence-corrected chi connectivity index (χ0v) is 11.9. The largest absolute Gasteiger partial charge is 0.394 e. The van der Waals surface area contributed by atoms with E-state index in [0.29, 0.717) is 6.41 Å². The number of nitrogens with two attached hydrogens (primary N) is 1. The number of carbonyl (C=O) groups is 1. The molecule has 120 valence electrons. The number of nitrogens with one attached hydrogen (secondary N) is 1. The van der Waals surface area contributed by atoms with Gasteiger partial charge in [-0.15, -0.1) is 0 Å². The molecule has 0 radical (unpaired) electrons. The minimum absolute atomic E-state index is 0.0414. The molecule has 0 aromatic carbocycles. The Morgan fingerprint density at radius 1 is 1.64 bits per heavy atom. The number of carbonyl (C=O) groups excluding carboxylic acids is 1. The van der Waals surface area contributed by atoms with E-state index in [4.69, 9.17) is 10.5 Å². The quantitative estimate of drug-likeness (QED) is 0.467. The van der Waals surface area contributed by atoms with Gasteiger partial charge in [0.2, 0.25) is 12.4 Å². The lowest BCUT2D eigenvalue weighted by Crippen LogP contribution is -2.48. The SMILES string of the molecule is C[C@]1(N2CN(C=O)c3c2nc(N)[nH]c3=O)C[C@H](O)[C@@H](CO)O1. The Kier molecular flexibility index (Phi) is 3.31. The molecule has 0 unspecified atom stereocenters. The van der Waals surface area contributed by atoms with Crippen molar-refractivity contribution in [3.05, 3.63) is 10.4 Å². The number of rotatable bonds is 3. The minimum atomic E-state index is -1.02. The standard InChI is InChI=1S/C12H17N5O5/c1-12(2-6(20)7(3-18)22-12)17-4-16(5-19)8-9(17)14-11(13)15-10(8)21/h5-7,18,20H,2-4H2,1H3,(H3,13,14,15,21)/t6-,7+,12+/m0/s1. The Hall–Kier alpha value is -2.17. The van der Waals surface area contributed by atoms with Gasteiger partial charge in [-0.3, -0.25) is 19.5 Å². The van der Waals surface area contributed by atoms with Gasteiger partial charge in [-0.25, -0.2) is 0 Å². The molecular formula is C12H17N5O5. The van der Waals surface area contributed by atoms with E-state index in [1.54, 1.807) is 11.8 Å². The maximum Gasteiger partial charge on any atom is 0.278 e. The van der Waals surface area contributed by atoms with Crippen LogP contribution in [0.1, 0.15) is 13.3 Å². The van der Waals surface area contributed by atoms with Crippen molar-refractivity contribution in [1.82, 2.24) is 9.97 Å². The lowest BCUT2D eigenvalue weighted by atomic mass is 10.1. The number of nitrogens with zero attached hydrogens (tertiary/aromatic N) is 3. The number of nitrogen functional groups attached to an aromatic ring is 1. The Balaban J connectivity index is 2.05. The highest BCUT2D eigenvalue weighted by atomic mass is 16.6. The molecule has 22 heavy (non-hydrogen) atoms. The molecule has 1 aromatic heterocycles. The number of hydrogen-bond donors (Lipinski definition) is 4. The van der Waals surface area contributed by atoms with Gasteiger partial charge in [0.15, 0.2) is 11.5 Å². The molecule has 2 aliphatic heterocycles. The maximum absolute atomic E-state index is 12.0. The average molecular weight is 311 g/mol. The first-order valence-corrected chi connectivity index (χ1v) is 6.75. The van der Waals surface area contributed by atoms with Crippen molar-refractivity contribution in [1.29, 1.82) is 0 Å². The lowest BCUT2D eigenvalue weighted by Gasteiger charge is -2.35. The minimum Gasteiger partial charge on any atom is -0.394 e. The van der Waals surface area contributed by atoms with E-state index in [1.165, 1.54) is 4.90 Å². The summed E-state index contributed by atoms with van der Waals surface area (Å²) in [4.78, 5) is 32.4. The molecule has 1 amide bonds. The van der Waals surface area contributed by atoms with Crippen LogP contribution in [0.5, 0.6) is 0 Å². The number of aromatic amines is 1. The van der Waals surface area contributed by atoms with Gasteiger partial charge in [0.1, 0.15) is 18.5 Å². The fourth-order valence-electron chi connectivity index (χ4n) is 2.97. The van der Waals surface area contributed by atoms with E-state index in [-0.39, 0.29) is 37.1 Å². The van der Waals surface area contributed by atoms with Crippen molar-refractivity contribution in [2.45, 2.75) is 31.3 Å². The van der Waals surface area contributed by atoms with Crippen LogP contribution in [0.15, 0.2) is 4.79 Å². The topological polar surface area (TPSA) is 145 Å². The Labute approximate surface area is 125 Å². The van der Waals surface area contributed by atoms with Crippen molar-refractivity contribution in [3.8, 4) is 0 Å². The van der Waals surface area contributed by atoms with Crippen molar-refractivity contribution in [2.75, 3.05) is 28.8 Å². The van der Waals surface area contributed by atoms with Crippen LogP contribution in [0.25, 0.3) is 0 Å². The molecule has 3 atom stereocenters. The van der Waals surface area contributed by atoms with Gasteiger partial charge in [-0.2, -0.15) is 4.98 Å². The number of ether oxygens (including phenoxy) is 1. The first-order valence-electron chi connectivity index (χ1n) is 6.75. The van der Waals surface area contributed by atoms with Crippen LogP contribution in [-0.4, -0.2) is 57.8 Å². The zero-order chi connectivity index (χ0) is 16.1. The van der Waals surface area contributed by atoms with Crippen LogP contribution in [0.2, 0.25) is 0 Å². The van der Waals surface area contributed by atoms with E-state index in [0.717, 1.165) is 0 Å². The van der Waals surface area contributed by atoms with E-state index < -0.39 is 23.5 Å². The summed E-state index contributed by atoms with van der Waals surface area (Å²) in [6, 6.07) is 0. The van der Waals surface area contributed by atoms with Crippen LogP contribution < -0.4 is 21.1 Å². The van der Waals surface area contributed by atoms with Gasteiger partial charge in [-0.05, 0) is 6.92 Å². The third kappa shape index (κ3) is 2.03. The number of H-pyrrole nitrogens is 1. The Bertz CT molecular complexity index is 664. The van der Waals surface area contributed by atoms with E-state index in [1.807, 2.05) is 0 Å². The number of anilines is 3. The average Bonchev–Trinajstić information content (AvgIpc) is 2.97. The predicted molar refractivity (Wildman–Crippen MR) is 76.1 cm³/mol. The first kappa shape index (κ1) is 14.8. The van der Waals surface area contributed by atoms with Crippen LogP contribution in [0.3, 0.4) is 0 Å². The number of aromatic nitrogens is 2. The second kappa shape index (κ2) is 4.93. The van der Waals surface area contributed by atoms with Crippen LogP contribution >= 0.6 is 0 Å². The second-order valence-electron chi connectivity index (χ2n) is 5.55. The molecule has 5 N–H and O–H groups in total. The number of aliphatic hydroxyl groups excluding tert-OH is 2. The van der Waals surface area contributed by atoms with Gasteiger partial charge < -0.3 is 25.6 Å². The van der Waals surface area contributed by atoms with Crippen molar-refractivity contribution in [3.63, 3.8) is 0 Å². The molecule has 1 saturated heterocycles. The molecule has 3 heterocycles. The zero-order valence-electron chi connectivity index (χ0n) is 11.9. The molecule has 0 spiro atoms.